The number of methoxy groups -OCH3 is 1. The number of hydrogen-bond acceptors (Lipinski definition) is 3. The summed E-state index contributed by atoms with van der Waals surface area (Å²) in [6, 6.07) is 3.66. The van der Waals surface area contributed by atoms with Crippen LogP contribution < -0.4 is 4.74 Å². The SMILES string of the molecule is COc1ccc(C(=O)O)cc1C(=O)O.[NaH]. The molecule has 0 aliphatic rings. The Morgan fingerprint density at radius 2 is 1.80 bits per heavy atom. The van der Waals surface area contributed by atoms with Crippen molar-refractivity contribution in [3.05, 3.63) is 29.3 Å². The molecule has 2 N–H and O–H groups in total. The summed E-state index contributed by atoms with van der Waals surface area (Å²) in [6.45, 7) is 0. The van der Waals surface area contributed by atoms with E-state index in [1.807, 2.05) is 0 Å². The summed E-state index contributed by atoms with van der Waals surface area (Å²) in [5.41, 5.74) is -0.240. The van der Waals surface area contributed by atoms with Gasteiger partial charge in [0.15, 0.2) is 0 Å². The molecule has 0 saturated carbocycles. The third kappa shape index (κ3) is 3.23. The van der Waals surface area contributed by atoms with Gasteiger partial charge in [0.05, 0.1) is 12.7 Å². The molecule has 0 spiro atoms. The Bertz CT molecular complexity index is 388. The predicted molar refractivity (Wildman–Crippen MR) is 54.1 cm³/mol. The molecule has 0 amide bonds. The second kappa shape index (κ2) is 5.75. The van der Waals surface area contributed by atoms with E-state index in [0.717, 1.165) is 6.07 Å². The Morgan fingerprint density at radius 1 is 1.20 bits per heavy atom. The molecule has 0 atom stereocenters. The van der Waals surface area contributed by atoms with E-state index in [4.69, 9.17) is 14.9 Å². The van der Waals surface area contributed by atoms with Gasteiger partial charge >= 0.3 is 41.5 Å². The molecule has 0 aliphatic heterocycles. The van der Waals surface area contributed by atoms with Crippen molar-refractivity contribution in [3.8, 4) is 5.75 Å². The molecule has 15 heavy (non-hydrogen) atoms. The third-order valence-electron chi connectivity index (χ3n) is 1.68. The van der Waals surface area contributed by atoms with Crippen LogP contribution in [-0.4, -0.2) is 58.8 Å². The number of carbonyl (C=O) groups is 2. The van der Waals surface area contributed by atoms with E-state index in [2.05, 4.69) is 0 Å². The molecule has 0 heterocycles. The summed E-state index contributed by atoms with van der Waals surface area (Å²) < 4.78 is 4.77. The molecule has 1 aromatic carbocycles. The number of benzene rings is 1. The topological polar surface area (TPSA) is 83.8 Å². The van der Waals surface area contributed by atoms with Gasteiger partial charge in [-0.1, -0.05) is 0 Å². The monoisotopic (exact) mass is 220 g/mol. The van der Waals surface area contributed by atoms with E-state index < -0.39 is 11.9 Å². The maximum atomic E-state index is 10.7. The van der Waals surface area contributed by atoms with E-state index in [1.54, 1.807) is 0 Å². The first-order valence-corrected chi connectivity index (χ1v) is 3.71. The van der Waals surface area contributed by atoms with Crippen LogP contribution in [0.1, 0.15) is 20.7 Å². The number of carboxylic acid groups (broad SMARTS) is 2. The van der Waals surface area contributed by atoms with Crippen molar-refractivity contribution < 1.29 is 24.5 Å². The van der Waals surface area contributed by atoms with Crippen LogP contribution in [0.3, 0.4) is 0 Å². The molecular formula is C9H9NaO5. The van der Waals surface area contributed by atoms with Gasteiger partial charge in [-0.15, -0.1) is 0 Å². The van der Waals surface area contributed by atoms with Gasteiger partial charge in [0.25, 0.3) is 0 Å². The van der Waals surface area contributed by atoms with E-state index in [0.29, 0.717) is 0 Å². The molecule has 0 saturated heterocycles. The van der Waals surface area contributed by atoms with E-state index in [-0.39, 0.29) is 46.4 Å². The number of aromatic carboxylic acids is 2. The van der Waals surface area contributed by atoms with Crippen LogP contribution in [0.15, 0.2) is 18.2 Å². The number of ether oxygens (including phenoxy) is 1. The normalized spacial score (nSPS) is 8.87. The molecule has 5 nitrogen and oxygen atoms in total. The zero-order valence-electron chi connectivity index (χ0n) is 7.35. The van der Waals surface area contributed by atoms with Gasteiger partial charge in [-0.3, -0.25) is 0 Å². The fourth-order valence-corrected chi connectivity index (χ4v) is 1.01. The average molecular weight is 220 g/mol. The summed E-state index contributed by atoms with van der Waals surface area (Å²) >= 11 is 0. The van der Waals surface area contributed by atoms with Crippen molar-refractivity contribution >= 4 is 41.5 Å². The van der Waals surface area contributed by atoms with Crippen molar-refractivity contribution in [2.75, 3.05) is 7.11 Å². The molecule has 0 aromatic heterocycles. The average Bonchev–Trinajstić information content (AvgIpc) is 2.16. The Hall–Kier alpha value is -1.04. The summed E-state index contributed by atoms with van der Waals surface area (Å²) in [6.07, 6.45) is 0. The standard InChI is InChI=1S/C9H8O5.Na.H/c1-14-7-3-2-5(8(10)11)4-6(7)9(12)13;;/h2-4H,1H3,(H,10,11)(H,12,13);;. The van der Waals surface area contributed by atoms with Gasteiger partial charge in [-0.05, 0) is 18.2 Å². The maximum absolute atomic E-state index is 10.7. The first kappa shape index (κ1) is 14.0. The van der Waals surface area contributed by atoms with Crippen molar-refractivity contribution in [1.82, 2.24) is 0 Å². The minimum absolute atomic E-state index is 0. The third-order valence-corrected chi connectivity index (χ3v) is 1.68. The van der Waals surface area contributed by atoms with Crippen LogP contribution in [0.25, 0.3) is 0 Å². The molecule has 1 aromatic rings. The fraction of sp³-hybridized carbons (Fsp3) is 0.111. The summed E-state index contributed by atoms with van der Waals surface area (Å²) in [5.74, 6) is -2.25. The van der Waals surface area contributed by atoms with E-state index >= 15 is 0 Å². The first-order valence-electron chi connectivity index (χ1n) is 3.71. The predicted octanol–water partition coefficient (Wildman–Crippen LogP) is 0.443. The quantitative estimate of drug-likeness (QED) is 0.722. The summed E-state index contributed by atoms with van der Waals surface area (Å²) in [4.78, 5) is 21.2. The Labute approximate surface area is 108 Å². The van der Waals surface area contributed by atoms with Crippen LogP contribution in [0.4, 0.5) is 0 Å². The van der Waals surface area contributed by atoms with Crippen LogP contribution in [0.5, 0.6) is 5.75 Å². The number of hydrogen-bond donors (Lipinski definition) is 2. The summed E-state index contributed by atoms with van der Waals surface area (Å²) in [7, 11) is 1.32. The molecule has 6 heteroatoms. The van der Waals surface area contributed by atoms with Gasteiger partial charge in [-0.25, -0.2) is 9.59 Å². The molecule has 0 fully saturated rings. The Kier molecular flexibility index (Phi) is 5.35. The van der Waals surface area contributed by atoms with E-state index in [1.165, 1.54) is 19.2 Å². The molecule has 0 bridgehead atoms. The van der Waals surface area contributed by atoms with Crippen molar-refractivity contribution in [2.24, 2.45) is 0 Å². The molecule has 0 radical (unpaired) electrons. The number of carboxylic acids is 2. The van der Waals surface area contributed by atoms with Crippen LogP contribution >= 0.6 is 0 Å². The molecule has 0 unspecified atom stereocenters. The molecular weight excluding hydrogens is 211 g/mol. The first-order chi connectivity index (χ1) is 6.56. The van der Waals surface area contributed by atoms with Crippen molar-refractivity contribution in [1.29, 1.82) is 0 Å². The second-order valence-corrected chi connectivity index (χ2v) is 2.53. The van der Waals surface area contributed by atoms with Gasteiger partial charge in [0.1, 0.15) is 11.3 Å². The van der Waals surface area contributed by atoms with E-state index in [9.17, 15) is 9.59 Å². The molecule has 76 valence electrons. The summed E-state index contributed by atoms with van der Waals surface area (Å²) in [5, 5.41) is 17.4. The zero-order valence-corrected chi connectivity index (χ0v) is 7.35. The van der Waals surface area contributed by atoms with Crippen molar-refractivity contribution in [2.45, 2.75) is 0 Å². The molecule has 0 aliphatic carbocycles. The van der Waals surface area contributed by atoms with Crippen LogP contribution in [-0.2, 0) is 0 Å². The second-order valence-electron chi connectivity index (χ2n) is 2.53. The fourth-order valence-electron chi connectivity index (χ4n) is 1.01. The van der Waals surface area contributed by atoms with Gasteiger partial charge in [-0.2, -0.15) is 0 Å². The van der Waals surface area contributed by atoms with Gasteiger partial charge in [0.2, 0.25) is 0 Å². The van der Waals surface area contributed by atoms with Gasteiger partial charge < -0.3 is 14.9 Å². The molecule has 1 rings (SSSR count). The minimum atomic E-state index is -1.22. The Morgan fingerprint density at radius 3 is 2.20 bits per heavy atom. The van der Waals surface area contributed by atoms with Crippen molar-refractivity contribution in [3.63, 3.8) is 0 Å². The Balaban J connectivity index is 0.00000196. The zero-order chi connectivity index (χ0) is 10.7. The van der Waals surface area contributed by atoms with Gasteiger partial charge in [0, 0.05) is 0 Å². The number of rotatable bonds is 3. The van der Waals surface area contributed by atoms with Crippen LogP contribution in [0.2, 0.25) is 0 Å². The van der Waals surface area contributed by atoms with Crippen LogP contribution in [0, 0.1) is 0 Å².